The average Bonchev–Trinajstić information content (AvgIpc) is 2.86. The van der Waals surface area contributed by atoms with Gasteiger partial charge in [0.15, 0.2) is 0 Å². The maximum Gasteiger partial charge on any atom is 0.416 e. The molecule has 1 aliphatic heterocycles. The Morgan fingerprint density at radius 2 is 1.52 bits per heavy atom. The first-order valence-electron chi connectivity index (χ1n) is 8.04. The number of halogens is 3. The van der Waals surface area contributed by atoms with E-state index in [0.717, 1.165) is 12.1 Å². The predicted octanol–water partition coefficient (Wildman–Crippen LogP) is 3.95. The maximum absolute atomic E-state index is 12.6. The Bertz CT molecular complexity index is 871. The molecule has 8 heteroatoms. The number of hydroxylamine groups is 2. The largest absolute Gasteiger partial charge is 0.416 e. The normalized spacial score (nSPS) is 14.9. The van der Waals surface area contributed by atoms with Crippen LogP contribution in [0.1, 0.15) is 51.1 Å². The van der Waals surface area contributed by atoms with Crippen molar-refractivity contribution in [2.75, 3.05) is 0 Å². The van der Waals surface area contributed by atoms with E-state index < -0.39 is 35.4 Å². The first kappa shape index (κ1) is 18.6. The van der Waals surface area contributed by atoms with Crippen molar-refractivity contribution in [1.82, 2.24) is 5.06 Å². The van der Waals surface area contributed by atoms with Crippen LogP contribution in [0.15, 0.2) is 48.5 Å². The Morgan fingerprint density at radius 3 is 2.00 bits per heavy atom. The molecule has 0 N–H and O–H groups in total. The third kappa shape index (κ3) is 3.69. The fourth-order valence-corrected chi connectivity index (χ4v) is 2.76. The first-order valence-corrected chi connectivity index (χ1v) is 8.04. The number of hydrogen-bond donors (Lipinski definition) is 0. The van der Waals surface area contributed by atoms with Crippen molar-refractivity contribution in [2.24, 2.45) is 0 Å². The molecule has 1 aliphatic rings. The smallest absolute Gasteiger partial charge is 0.330 e. The minimum atomic E-state index is -4.44. The van der Waals surface area contributed by atoms with Gasteiger partial charge in [-0.1, -0.05) is 36.3 Å². The number of carbonyl (C=O) groups excluding carboxylic acids is 3. The maximum atomic E-state index is 12.6. The van der Waals surface area contributed by atoms with E-state index in [9.17, 15) is 27.6 Å². The molecule has 1 heterocycles. The number of alkyl halides is 3. The van der Waals surface area contributed by atoms with E-state index in [1.165, 1.54) is 24.3 Å². The second-order valence-corrected chi connectivity index (χ2v) is 6.14. The number of hydrogen-bond acceptors (Lipinski definition) is 4. The molecule has 0 aromatic heterocycles. The van der Waals surface area contributed by atoms with Crippen molar-refractivity contribution in [3.05, 3.63) is 70.8 Å². The lowest BCUT2D eigenvalue weighted by Crippen LogP contribution is -2.33. The van der Waals surface area contributed by atoms with Crippen molar-refractivity contribution in [3.8, 4) is 0 Å². The Hall–Kier alpha value is -3.16. The van der Waals surface area contributed by atoms with Crippen molar-refractivity contribution in [1.29, 1.82) is 0 Å². The van der Waals surface area contributed by atoms with Crippen LogP contribution in [0.4, 0.5) is 13.2 Å². The third-order valence-corrected chi connectivity index (χ3v) is 4.23. The fraction of sp³-hybridized carbons (Fsp3) is 0.211. The van der Waals surface area contributed by atoms with Crippen LogP contribution in [-0.4, -0.2) is 22.8 Å². The van der Waals surface area contributed by atoms with Crippen LogP contribution < -0.4 is 0 Å². The molecule has 5 nitrogen and oxygen atoms in total. The van der Waals surface area contributed by atoms with Crippen LogP contribution in [-0.2, 0) is 15.8 Å². The average molecular weight is 377 g/mol. The second-order valence-electron chi connectivity index (χ2n) is 6.14. The molecule has 0 bridgehead atoms. The van der Waals surface area contributed by atoms with Gasteiger partial charge in [0.25, 0.3) is 11.8 Å². The van der Waals surface area contributed by atoms with Crippen LogP contribution in [0.25, 0.3) is 0 Å². The second kappa shape index (κ2) is 6.86. The van der Waals surface area contributed by atoms with Crippen LogP contribution in [0.5, 0.6) is 0 Å². The lowest BCUT2D eigenvalue weighted by Gasteiger charge is -2.16. The molecule has 0 aliphatic carbocycles. The Labute approximate surface area is 152 Å². The molecule has 2 aromatic rings. The number of benzene rings is 2. The summed E-state index contributed by atoms with van der Waals surface area (Å²) in [5.41, 5.74) is 0.00605. The molecule has 0 unspecified atom stereocenters. The summed E-state index contributed by atoms with van der Waals surface area (Å²) in [6.45, 7) is 1.63. The highest BCUT2D eigenvalue weighted by Crippen LogP contribution is 2.31. The standard InChI is InChI=1S/C19H14F3NO4/c1-11(12-6-8-13(9-7-12)19(20,21)22)10-16(24)27-23-17(25)14-4-2-3-5-15(14)18(23)26/h2-9,11H,10H2,1H3/t11-/m0/s1. The van der Waals surface area contributed by atoms with E-state index in [2.05, 4.69) is 0 Å². The molecular weight excluding hydrogens is 363 g/mol. The van der Waals surface area contributed by atoms with Gasteiger partial charge < -0.3 is 4.84 Å². The van der Waals surface area contributed by atoms with Gasteiger partial charge in [-0.15, -0.1) is 0 Å². The minimum absolute atomic E-state index is 0.145. The summed E-state index contributed by atoms with van der Waals surface area (Å²) in [5.74, 6) is -2.76. The van der Waals surface area contributed by atoms with Gasteiger partial charge in [-0.05, 0) is 35.7 Å². The zero-order chi connectivity index (χ0) is 19.8. The monoisotopic (exact) mass is 377 g/mol. The molecule has 2 amide bonds. The Morgan fingerprint density at radius 1 is 1.00 bits per heavy atom. The van der Waals surface area contributed by atoms with Gasteiger partial charge in [-0.25, -0.2) is 4.79 Å². The highest BCUT2D eigenvalue weighted by Gasteiger charge is 2.38. The number of imide groups is 1. The molecule has 0 fully saturated rings. The quantitative estimate of drug-likeness (QED) is 0.757. The van der Waals surface area contributed by atoms with Gasteiger partial charge in [0, 0.05) is 0 Å². The van der Waals surface area contributed by atoms with Crippen LogP contribution in [0.3, 0.4) is 0 Å². The molecule has 0 spiro atoms. The highest BCUT2D eigenvalue weighted by atomic mass is 19.4. The summed E-state index contributed by atoms with van der Waals surface area (Å²) in [6.07, 6.45) is -4.65. The SMILES string of the molecule is C[C@@H](CC(=O)ON1C(=O)c2ccccc2C1=O)c1ccc(C(F)(F)F)cc1. The number of carbonyl (C=O) groups is 3. The summed E-state index contributed by atoms with van der Waals surface area (Å²) in [6, 6.07) is 10.5. The molecule has 27 heavy (non-hydrogen) atoms. The van der Waals surface area contributed by atoms with E-state index in [1.807, 2.05) is 0 Å². The van der Waals surface area contributed by atoms with Crippen LogP contribution in [0, 0.1) is 0 Å². The van der Waals surface area contributed by atoms with E-state index >= 15 is 0 Å². The van der Waals surface area contributed by atoms with E-state index in [4.69, 9.17) is 4.84 Å². The Balaban J connectivity index is 1.64. The van der Waals surface area contributed by atoms with Crippen molar-refractivity contribution < 1.29 is 32.4 Å². The molecule has 0 radical (unpaired) electrons. The zero-order valence-corrected chi connectivity index (χ0v) is 14.1. The van der Waals surface area contributed by atoms with E-state index in [1.54, 1.807) is 19.1 Å². The fourth-order valence-electron chi connectivity index (χ4n) is 2.76. The van der Waals surface area contributed by atoms with Crippen LogP contribution in [0.2, 0.25) is 0 Å². The highest BCUT2D eigenvalue weighted by molar-refractivity contribution is 6.20. The number of nitrogens with zero attached hydrogens (tertiary/aromatic N) is 1. The summed E-state index contributed by atoms with van der Waals surface area (Å²) in [7, 11) is 0. The molecular formula is C19H14F3NO4. The molecule has 2 aromatic carbocycles. The molecule has 0 saturated carbocycles. The van der Waals surface area contributed by atoms with Gasteiger partial charge >= 0.3 is 12.1 Å². The summed E-state index contributed by atoms with van der Waals surface area (Å²) in [5, 5.41) is 0.409. The number of rotatable bonds is 4. The molecule has 140 valence electrons. The minimum Gasteiger partial charge on any atom is -0.330 e. The van der Waals surface area contributed by atoms with Crippen molar-refractivity contribution in [3.63, 3.8) is 0 Å². The Kier molecular flexibility index (Phi) is 4.73. The number of amides is 2. The number of fused-ring (bicyclic) bond motifs is 1. The molecule has 3 rings (SSSR count). The van der Waals surface area contributed by atoms with Gasteiger partial charge in [-0.2, -0.15) is 13.2 Å². The van der Waals surface area contributed by atoms with Gasteiger partial charge in [0.2, 0.25) is 0 Å². The first-order chi connectivity index (χ1) is 12.7. The summed E-state index contributed by atoms with van der Waals surface area (Å²) >= 11 is 0. The zero-order valence-electron chi connectivity index (χ0n) is 14.1. The predicted molar refractivity (Wildman–Crippen MR) is 87.5 cm³/mol. The van der Waals surface area contributed by atoms with Gasteiger partial charge in [0.05, 0.1) is 23.1 Å². The van der Waals surface area contributed by atoms with E-state index in [-0.39, 0.29) is 17.5 Å². The van der Waals surface area contributed by atoms with Crippen molar-refractivity contribution in [2.45, 2.75) is 25.4 Å². The van der Waals surface area contributed by atoms with Gasteiger partial charge in [-0.3, -0.25) is 9.59 Å². The third-order valence-electron chi connectivity index (χ3n) is 4.23. The van der Waals surface area contributed by atoms with E-state index in [0.29, 0.717) is 10.6 Å². The topological polar surface area (TPSA) is 63.7 Å². The van der Waals surface area contributed by atoms with Crippen LogP contribution >= 0.6 is 0 Å². The van der Waals surface area contributed by atoms with Crippen molar-refractivity contribution >= 4 is 17.8 Å². The van der Waals surface area contributed by atoms with Gasteiger partial charge in [0.1, 0.15) is 0 Å². The molecule has 1 atom stereocenters. The summed E-state index contributed by atoms with van der Waals surface area (Å²) in [4.78, 5) is 41.3. The lowest BCUT2D eigenvalue weighted by molar-refractivity contribution is -0.168. The lowest BCUT2D eigenvalue weighted by atomic mass is 9.97. The summed E-state index contributed by atoms with van der Waals surface area (Å²) < 4.78 is 37.8. The molecule has 0 saturated heterocycles.